The van der Waals surface area contributed by atoms with Gasteiger partial charge in [-0.1, -0.05) is 42.5 Å². The standard InChI is InChI=1S/C19H23NO2S/c1-14(20-18(21)19(22)8-10-23-11-9-19)12-15-6-7-16-4-2-3-5-17(16)13-15/h2-7,13-14,22H,8-12H2,1H3,(H,20,21). The summed E-state index contributed by atoms with van der Waals surface area (Å²) in [7, 11) is 0. The van der Waals surface area contributed by atoms with Gasteiger partial charge in [-0.2, -0.15) is 11.8 Å². The smallest absolute Gasteiger partial charge is 0.252 e. The van der Waals surface area contributed by atoms with Crippen LogP contribution < -0.4 is 5.32 Å². The second-order valence-electron chi connectivity index (χ2n) is 6.40. The molecule has 2 N–H and O–H groups in total. The summed E-state index contributed by atoms with van der Waals surface area (Å²) in [5.74, 6) is 1.48. The number of hydrogen-bond acceptors (Lipinski definition) is 3. The Bertz CT molecular complexity index is 695. The van der Waals surface area contributed by atoms with Crippen molar-refractivity contribution in [3.05, 3.63) is 48.0 Å². The number of amides is 1. The molecule has 1 fully saturated rings. The molecule has 2 aromatic carbocycles. The Balaban J connectivity index is 1.63. The number of benzene rings is 2. The predicted octanol–water partition coefficient (Wildman–Crippen LogP) is 3.15. The topological polar surface area (TPSA) is 49.3 Å². The molecule has 0 saturated carbocycles. The number of carbonyl (C=O) groups is 1. The van der Waals surface area contributed by atoms with E-state index in [0.717, 1.165) is 17.9 Å². The van der Waals surface area contributed by atoms with Crippen LogP contribution in [0.15, 0.2) is 42.5 Å². The first-order valence-corrected chi connectivity index (χ1v) is 9.31. The van der Waals surface area contributed by atoms with E-state index in [0.29, 0.717) is 12.8 Å². The van der Waals surface area contributed by atoms with Gasteiger partial charge >= 0.3 is 0 Å². The Morgan fingerprint density at radius 1 is 1.22 bits per heavy atom. The van der Waals surface area contributed by atoms with Crippen molar-refractivity contribution in [2.45, 2.75) is 37.8 Å². The Hall–Kier alpha value is -1.52. The van der Waals surface area contributed by atoms with Gasteiger partial charge in [0.25, 0.3) is 5.91 Å². The summed E-state index contributed by atoms with van der Waals surface area (Å²) in [6, 6.07) is 14.7. The Morgan fingerprint density at radius 3 is 2.65 bits per heavy atom. The fourth-order valence-electron chi connectivity index (χ4n) is 3.06. The van der Waals surface area contributed by atoms with E-state index in [2.05, 4.69) is 35.6 Å². The molecule has 1 atom stereocenters. The van der Waals surface area contributed by atoms with Crippen molar-refractivity contribution in [1.82, 2.24) is 5.32 Å². The molecule has 1 heterocycles. The van der Waals surface area contributed by atoms with E-state index < -0.39 is 5.60 Å². The van der Waals surface area contributed by atoms with Crippen molar-refractivity contribution in [2.24, 2.45) is 0 Å². The highest BCUT2D eigenvalue weighted by Gasteiger charge is 2.37. The van der Waals surface area contributed by atoms with Crippen LogP contribution in [0.1, 0.15) is 25.3 Å². The average molecular weight is 329 g/mol. The largest absolute Gasteiger partial charge is 0.380 e. The fourth-order valence-corrected chi connectivity index (χ4v) is 4.23. The molecule has 4 heteroatoms. The number of hydrogen-bond donors (Lipinski definition) is 2. The maximum absolute atomic E-state index is 12.4. The molecule has 2 aromatic rings. The number of carbonyl (C=O) groups excluding carboxylic acids is 1. The van der Waals surface area contributed by atoms with Crippen LogP contribution in [-0.2, 0) is 11.2 Å². The number of aliphatic hydroxyl groups is 1. The van der Waals surface area contributed by atoms with Gasteiger partial charge in [0.2, 0.25) is 0 Å². The molecule has 1 amide bonds. The summed E-state index contributed by atoms with van der Waals surface area (Å²) in [6.07, 6.45) is 1.86. The first-order chi connectivity index (χ1) is 11.1. The van der Waals surface area contributed by atoms with Crippen LogP contribution >= 0.6 is 11.8 Å². The van der Waals surface area contributed by atoms with E-state index in [1.807, 2.05) is 19.1 Å². The maximum Gasteiger partial charge on any atom is 0.252 e. The van der Waals surface area contributed by atoms with Crippen molar-refractivity contribution in [3.63, 3.8) is 0 Å². The van der Waals surface area contributed by atoms with E-state index in [1.165, 1.54) is 16.3 Å². The zero-order valence-electron chi connectivity index (χ0n) is 13.4. The SMILES string of the molecule is CC(Cc1ccc2ccccc2c1)NC(=O)C1(O)CCSCC1. The van der Waals surface area contributed by atoms with Crippen molar-refractivity contribution < 1.29 is 9.90 Å². The number of fused-ring (bicyclic) bond motifs is 1. The van der Waals surface area contributed by atoms with Gasteiger partial charge in [0.15, 0.2) is 0 Å². The van der Waals surface area contributed by atoms with Crippen molar-refractivity contribution >= 4 is 28.4 Å². The molecule has 3 rings (SSSR count). The third-order valence-corrected chi connectivity index (χ3v) is 5.46. The van der Waals surface area contributed by atoms with Gasteiger partial charge in [0.1, 0.15) is 5.60 Å². The van der Waals surface area contributed by atoms with Crippen LogP contribution in [-0.4, -0.2) is 34.2 Å². The van der Waals surface area contributed by atoms with E-state index >= 15 is 0 Å². The van der Waals surface area contributed by atoms with Gasteiger partial charge in [0, 0.05) is 6.04 Å². The van der Waals surface area contributed by atoms with Gasteiger partial charge in [-0.3, -0.25) is 4.79 Å². The minimum atomic E-state index is -1.18. The highest BCUT2D eigenvalue weighted by Crippen LogP contribution is 2.27. The first kappa shape index (κ1) is 16.3. The Morgan fingerprint density at radius 2 is 1.91 bits per heavy atom. The number of nitrogens with one attached hydrogen (secondary N) is 1. The molecule has 0 bridgehead atoms. The average Bonchev–Trinajstić information content (AvgIpc) is 2.55. The molecule has 1 saturated heterocycles. The predicted molar refractivity (Wildman–Crippen MR) is 96.8 cm³/mol. The van der Waals surface area contributed by atoms with Crippen LogP contribution in [0.25, 0.3) is 10.8 Å². The van der Waals surface area contributed by atoms with Crippen molar-refractivity contribution in [3.8, 4) is 0 Å². The summed E-state index contributed by atoms with van der Waals surface area (Å²) in [6.45, 7) is 1.99. The lowest BCUT2D eigenvalue weighted by molar-refractivity contribution is -0.141. The quantitative estimate of drug-likeness (QED) is 0.906. The number of thioether (sulfide) groups is 1. The van der Waals surface area contributed by atoms with Crippen LogP contribution in [0, 0.1) is 0 Å². The Labute approximate surface area is 141 Å². The summed E-state index contributed by atoms with van der Waals surface area (Å²) >= 11 is 1.80. The number of rotatable bonds is 4. The summed E-state index contributed by atoms with van der Waals surface area (Å²) in [4.78, 5) is 12.4. The molecule has 1 aliphatic rings. The third-order valence-electron chi connectivity index (χ3n) is 4.48. The molecule has 3 nitrogen and oxygen atoms in total. The van der Waals surface area contributed by atoms with E-state index in [9.17, 15) is 9.90 Å². The lowest BCUT2D eigenvalue weighted by Gasteiger charge is -2.31. The van der Waals surface area contributed by atoms with Gasteiger partial charge in [0.05, 0.1) is 0 Å². The molecule has 0 radical (unpaired) electrons. The molecule has 1 unspecified atom stereocenters. The molecule has 0 spiro atoms. The third kappa shape index (κ3) is 3.88. The van der Waals surface area contributed by atoms with Crippen LogP contribution in [0.5, 0.6) is 0 Å². The summed E-state index contributed by atoms with van der Waals surface area (Å²) in [5, 5.41) is 15.9. The molecule has 1 aliphatic heterocycles. The summed E-state index contributed by atoms with van der Waals surface area (Å²) < 4.78 is 0. The maximum atomic E-state index is 12.4. The van der Waals surface area contributed by atoms with Gasteiger partial charge in [-0.05, 0) is 54.0 Å². The van der Waals surface area contributed by atoms with E-state index in [1.54, 1.807) is 11.8 Å². The highest BCUT2D eigenvalue weighted by atomic mass is 32.2. The zero-order valence-corrected chi connectivity index (χ0v) is 14.2. The minimum absolute atomic E-state index is 0.00210. The first-order valence-electron chi connectivity index (χ1n) is 8.16. The summed E-state index contributed by atoms with van der Waals surface area (Å²) in [5.41, 5.74) is 0.0193. The van der Waals surface area contributed by atoms with Crippen molar-refractivity contribution in [1.29, 1.82) is 0 Å². The lowest BCUT2D eigenvalue weighted by atomic mass is 9.95. The van der Waals surface area contributed by atoms with Crippen molar-refractivity contribution in [2.75, 3.05) is 11.5 Å². The van der Waals surface area contributed by atoms with Gasteiger partial charge in [-0.15, -0.1) is 0 Å². The molecular formula is C19H23NO2S. The van der Waals surface area contributed by atoms with E-state index in [-0.39, 0.29) is 11.9 Å². The molecular weight excluding hydrogens is 306 g/mol. The zero-order chi connectivity index (χ0) is 16.3. The van der Waals surface area contributed by atoms with Crippen LogP contribution in [0.4, 0.5) is 0 Å². The lowest BCUT2D eigenvalue weighted by Crippen LogP contribution is -2.51. The highest BCUT2D eigenvalue weighted by molar-refractivity contribution is 7.99. The molecule has 23 heavy (non-hydrogen) atoms. The van der Waals surface area contributed by atoms with E-state index in [4.69, 9.17) is 0 Å². The Kier molecular flexibility index (Phi) is 4.93. The molecule has 0 aromatic heterocycles. The molecule has 0 aliphatic carbocycles. The van der Waals surface area contributed by atoms with Gasteiger partial charge < -0.3 is 10.4 Å². The van der Waals surface area contributed by atoms with Gasteiger partial charge in [-0.25, -0.2) is 0 Å². The minimum Gasteiger partial charge on any atom is -0.380 e. The monoisotopic (exact) mass is 329 g/mol. The van der Waals surface area contributed by atoms with Crippen LogP contribution in [0.2, 0.25) is 0 Å². The second-order valence-corrected chi connectivity index (χ2v) is 7.63. The fraction of sp³-hybridized carbons (Fsp3) is 0.421. The van der Waals surface area contributed by atoms with Crippen LogP contribution in [0.3, 0.4) is 0 Å². The second kappa shape index (κ2) is 6.93. The normalized spacial score (nSPS) is 18.5. The molecule has 122 valence electrons.